The Kier molecular flexibility index (Phi) is 4.38. The molecule has 7 nitrogen and oxygen atoms in total. The zero-order valence-electron chi connectivity index (χ0n) is 11.3. The van der Waals surface area contributed by atoms with Gasteiger partial charge < -0.3 is 20.3 Å². The summed E-state index contributed by atoms with van der Waals surface area (Å²) in [5.74, 6) is 2.10. The lowest BCUT2D eigenvalue weighted by Gasteiger charge is -2.23. The van der Waals surface area contributed by atoms with Gasteiger partial charge in [0, 0.05) is 32.6 Å². The molecule has 0 saturated carbocycles. The van der Waals surface area contributed by atoms with Crippen LogP contribution in [0.3, 0.4) is 0 Å². The molecule has 0 aromatic carbocycles. The Morgan fingerprint density at radius 2 is 2.32 bits per heavy atom. The number of nitrogens with one attached hydrogen (secondary N) is 2. The minimum Gasteiger partial charge on any atom is -0.490 e. The van der Waals surface area contributed by atoms with Crippen molar-refractivity contribution in [2.24, 2.45) is 0 Å². The molecule has 2 rings (SSSR count). The van der Waals surface area contributed by atoms with Crippen LogP contribution in [-0.4, -0.2) is 49.2 Å². The minimum absolute atomic E-state index is 0.0717. The lowest BCUT2D eigenvalue weighted by Crippen LogP contribution is -2.29. The van der Waals surface area contributed by atoms with Gasteiger partial charge in [0.15, 0.2) is 11.6 Å². The third-order valence-corrected chi connectivity index (χ3v) is 2.95. The van der Waals surface area contributed by atoms with Crippen molar-refractivity contribution in [3.8, 4) is 5.75 Å². The van der Waals surface area contributed by atoms with E-state index in [4.69, 9.17) is 4.74 Å². The molecule has 1 fully saturated rings. The number of aromatic nitrogens is 2. The maximum Gasteiger partial charge on any atom is 0.221 e. The van der Waals surface area contributed by atoms with Gasteiger partial charge in [0.1, 0.15) is 6.33 Å². The fourth-order valence-electron chi connectivity index (χ4n) is 2.05. The van der Waals surface area contributed by atoms with Crippen LogP contribution < -0.4 is 20.3 Å². The second-order valence-corrected chi connectivity index (χ2v) is 4.20. The molecule has 7 heteroatoms. The standard InChI is InChI=1S/C12H19N5O2/c1-3-13-11-10(19-2)12(16-8-15-11)17-6-4-9(18)14-5-7-17/h8H,3-7H2,1-2H3,(H,14,18)(H,13,15,16). The van der Waals surface area contributed by atoms with E-state index < -0.39 is 0 Å². The molecule has 0 atom stereocenters. The van der Waals surface area contributed by atoms with Gasteiger partial charge in [0.25, 0.3) is 0 Å². The summed E-state index contributed by atoms with van der Waals surface area (Å²) in [7, 11) is 1.60. The van der Waals surface area contributed by atoms with Crippen molar-refractivity contribution in [2.75, 3.05) is 43.5 Å². The quantitative estimate of drug-likeness (QED) is 0.812. The molecule has 1 aliphatic rings. The summed E-state index contributed by atoms with van der Waals surface area (Å²) in [4.78, 5) is 21.9. The van der Waals surface area contributed by atoms with Gasteiger partial charge in [-0.25, -0.2) is 9.97 Å². The van der Waals surface area contributed by atoms with Gasteiger partial charge in [0.05, 0.1) is 7.11 Å². The first kappa shape index (κ1) is 13.4. The molecule has 2 heterocycles. The number of amides is 1. The third-order valence-electron chi connectivity index (χ3n) is 2.95. The molecule has 0 spiro atoms. The predicted molar refractivity (Wildman–Crippen MR) is 72.6 cm³/mol. The van der Waals surface area contributed by atoms with Crippen molar-refractivity contribution in [1.29, 1.82) is 0 Å². The van der Waals surface area contributed by atoms with E-state index in [9.17, 15) is 4.79 Å². The Balaban J connectivity index is 2.27. The number of anilines is 2. The molecule has 1 aliphatic heterocycles. The first-order chi connectivity index (χ1) is 9.26. The average Bonchev–Trinajstić information content (AvgIpc) is 2.64. The molecular formula is C12H19N5O2. The minimum atomic E-state index is 0.0717. The fourth-order valence-corrected chi connectivity index (χ4v) is 2.05. The van der Waals surface area contributed by atoms with Crippen molar-refractivity contribution in [3.05, 3.63) is 6.33 Å². The highest BCUT2D eigenvalue weighted by Gasteiger charge is 2.20. The molecule has 1 amide bonds. The second kappa shape index (κ2) is 6.21. The predicted octanol–water partition coefficient (Wildman–Crippen LogP) is 0.243. The van der Waals surface area contributed by atoms with E-state index in [-0.39, 0.29) is 5.91 Å². The topological polar surface area (TPSA) is 79.4 Å². The largest absolute Gasteiger partial charge is 0.490 e. The molecule has 1 aromatic heterocycles. The summed E-state index contributed by atoms with van der Waals surface area (Å²) in [5, 5.41) is 5.99. The monoisotopic (exact) mass is 265 g/mol. The number of rotatable bonds is 4. The average molecular weight is 265 g/mol. The van der Waals surface area contributed by atoms with Crippen molar-refractivity contribution >= 4 is 17.5 Å². The molecule has 104 valence electrons. The number of carbonyl (C=O) groups excluding carboxylic acids is 1. The summed E-state index contributed by atoms with van der Waals surface area (Å²) in [6.45, 7) is 4.71. The first-order valence-electron chi connectivity index (χ1n) is 6.40. The van der Waals surface area contributed by atoms with Crippen LogP contribution in [-0.2, 0) is 4.79 Å². The molecule has 1 saturated heterocycles. The number of ether oxygens (including phenoxy) is 1. The zero-order valence-corrected chi connectivity index (χ0v) is 11.3. The normalized spacial score (nSPS) is 15.7. The van der Waals surface area contributed by atoms with Crippen molar-refractivity contribution in [2.45, 2.75) is 13.3 Å². The third kappa shape index (κ3) is 3.04. The molecule has 19 heavy (non-hydrogen) atoms. The summed E-state index contributed by atoms with van der Waals surface area (Å²) >= 11 is 0. The van der Waals surface area contributed by atoms with Gasteiger partial charge in [-0.15, -0.1) is 0 Å². The van der Waals surface area contributed by atoms with Crippen LogP contribution in [0, 0.1) is 0 Å². The van der Waals surface area contributed by atoms with Gasteiger partial charge in [-0.1, -0.05) is 0 Å². The van der Waals surface area contributed by atoms with E-state index >= 15 is 0 Å². The van der Waals surface area contributed by atoms with Gasteiger partial charge in [-0.3, -0.25) is 4.79 Å². The van der Waals surface area contributed by atoms with Crippen molar-refractivity contribution in [3.63, 3.8) is 0 Å². The Hall–Kier alpha value is -2.05. The van der Waals surface area contributed by atoms with Crippen LogP contribution >= 0.6 is 0 Å². The summed E-state index contributed by atoms with van der Waals surface area (Å²) in [6.07, 6.45) is 1.97. The Labute approximate surface area is 112 Å². The summed E-state index contributed by atoms with van der Waals surface area (Å²) in [6, 6.07) is 0. The van der Waals surface area contributed by atoms with E-state index in [1.165, 1.54) is 6.33 Å². The highest BCUT2D eigenvalue weighted by Crippen LogP contribution is 2.31. The molecule has 0 radical (unpaired) electrons. The molecule has 0 bridgehead atoms. The van der Waals surface area contributed by atoms with Crippen LogP contribution in [0.4, 0.5) is 11.6 Å². The summed E-state index contributed by atoms with van der Waals surface area (Å²) in [5.41, 5.74) is 0. The van der Waals surface area contributed by atoms with Crippen LogP contribution in [0.25, 0.3) is 0 Å². The molecule has 2 N–H and O–H groups in total. The molecule has 1 aromatic rings. The SMILES string of the molecule is CCNc1ncnc(N2CCNC(=O)CC2)c1OC. The van der Waals surface area contributed by atoms with Gasteiger partial charge in [-0.05, 0) is 6.92 Å². The van der Waals surface area contributed by atoms with Crippen LogP contribution in [0.1, 0.15) is 13.3 Å². The molecular weight excluding hydrogens is 246 g/mol. The second-order valence-electron chi connectivity index (χ2n) is 4.20. The van der Waals surface area contributed by atoms with Gasteiger partial charge >= 0.3 is 0 Å². The van der Waals surface area contributed by atoms with Crippen molar-refractivity contribution < 1.29 is 9.53 Å². The maximum absolute atomic E-state index is 11.4. The van der Waals surface area contributed by atoms with Crippen LogP contribution in [0.15, 0.2) is 6.33 Å². The first-order valence-corrected chi connectivity index (χ1v) is 6.40. The number of methoxy groups -OCH3 is 1. The van der Waals surface area contributed by atoms with Crippen LogP contribution in [0.5, 0.6) is 5.75 Å². The summed E-state index contributed by atoms with van der Waals surface area (Å²) < 4.78 is 5.42. The van der Waals surface area contributed by atoms with E-state index in [0.29, 0.717) is 37.6 Å². The van der Waals surface area contributed by atoms with E-state index in [2.05, 4.69) is 20.6 Å². The Morgan fingerprint density at radius 3 is 3.05 bits per heavy atom. The molecule has 0 aliphatic carbocycles. The number of nitrogens with zero attached hydrogens (tertiary/aromatic N) is 3. The van der Waals surface area contributed by atoms with Gasteiger partial charge in [0.2, 0.25) is 11.7 Å². The van der Waals surface area contributed by atoms with Crippen LogP contribution in [0.2, 0.25) is 0 Å². The van der Waals surface area contributed by atoms with Gasteiger partial charge in [-0.2, -0.15) is 0 Å². The number of hydrogen-bond acceptors (Lipinski definition) is 6. The van der Waals surface area contributed by atoms with Crippen molar-refractivity contribution in [1.82, 2.24) is 15.3 Å². The number of carbonyl (C=O) groups is 1. The van der Waals surface area contributed by atoms with E-state index in [1.54, 1.807) is 7.11 Å². The fraction of sp³-hybridized carbons (Fsp3) is 0.583. The lowest BCUT2D eigenvalue weighted by atomic mass is 10.3. The lowest BCUT2D eigenvalue weighted by molar-refractivity contribution is -0.120. The smallest absolute Gasteiger partial charge is 0.221 e. The highest BCUT2D eigenvalue weighted by atomic mass is 16.5. The zero-order chi connectivity index (χ0) is 13.7. The maximum atomic E-state index is 11.4. The number of hydrogen-bond donors (Lipinski definition) is 2. The Morgan fingerprint density at radius 1 is 1.47 bits per heavy atom. The molecule has 0 unspecified atom stereocenters. The Bertz CT molecular complexity index is 452. The van der Waals surface area contributed by atoms with E-state index in [1.807, 2.05) is 11.8 Å². The highest BCUT2D eigenvalue weighted by molar-refractivity contribution is 5.77. The van der Waals surface area contributed by atoms with E-state index in [0.717, 1.165) is 12.4 Å².